The highest BCUT2D eigenvalue weighted by Gasteiger charge is 2.14. The first-order valence-corrected chi connectivity index (χ1v) is 9.89. The Hall–Kier alpha value is -2.01. The smallest absolute Gasteiger partial charge is 0.232 e. The van der Waals surface area contributed by atoms with Gasteiger partial charge in [-0.05, 0) is 54.7 Å². The number of phenols is 1. The van der Waals surface area contributed by atoms with Crippen molar-refractivity contribution < 1.29 is 13.5 Å². The molecule has 2 aromatic rings. The van der Waals surface area contributed by atoms with Crippen LogP contribution >= 0.6 is 0 Å². The molecule has 4 nitrogen and oxygen atoms in total. The Kier molecular flexibility index (Phi) is 5.89. The van der Waals surface area contributed by atoms with E-state index in [4.69, 9.17) is 0 Å². The molecule has 0 spiro atoms. The summed E-state index contributed by atoms with van der Waals surface area (Å²) in [6, 6.07) is 11.0. The second-order valence-electron chi connectivity index (χ2n) is 6.11. The van der Waals surface area contributed by atoms with Crippen molar-refractivity contribution in [3.05, 3.63) is 47.5 Å². The molecule has 0 saturated carbocycles. The molecule has 0 radical (unpaired) electrons. The average Bonchev–Trinajstić information content (AvgIpc) is 2.52. The van der Waals surface area contributed by atoms with E-state index >= 15 is 0 Å². The van der Waals surface area contributed by atoms with Crippen LogP contribution in [0.2, 0.25) is 0 Å². The Morgan fingerprint density at radius 2 is 1.83 bits per heavy atom. The van der Waals surface area contributed by atoms with Crippen molar-refractivity contribution in [3.8, 4) is 16.9 Å². The van der Waals surface area contributed by atoms with Crippen LogP contribution in [0.15, 0.2) is 36.4 Å². The molecule has 5 heteroatoms. The van der Waals surface area contributed by atoms with Crippen molar-refractivity contribution in [2.75, 3.05) is 10.5 Å². The number of aromatic hydroxyl groups is 1. The number of aryl methyl sites for hydroxylation is 1. The minimum absolute atomic E-state index is 0.0635. The normalized spacial score (nSPS) is 11.5. The van der Waals surface area contributed by atoms with Crippen molar-refractivity contribution in [3.63, 3.8) is 0 Å². The quantitative estimate of drug-likeness (QED) is 0.568. The van der Waals surface area contributed by atoms with Gasteiger partial charge in [0.05, 0.1) is 11.4 Å². The van der Waals surface area contributed by atoms with Crippen LogP contribution < -0.4 is 4.72 Å². The van der Waals surface area contributed by atoms with E-state index in [1.165, 1.54) is 11.6 Å². The van der Waals surface area contributed by atoms with Gasteiger partial charge in [-0.3, -0.25) is 4.72 Å². The lowest BCUT2D eigenvalue weighted by atomic mass is 9.97. The monoisotopic (exact) mass is 347 g/mol. The molecular formula is C19H25NO3S. The number of phenolic OH excluding ortho intramolecular Hbond substituents is 1. The second kappa shape index (κ2) is 7.71. The first-order chi connectivity index (χ1) is 11.3. The summed E-state index contributed by atoms with van der Waals surface area (Å²) < 4.78 is 26.9. The molecule has 2 N–H and O–H groups in total. The highest BCUT2D eigenvalue weighted by atomic mass is 32.2. The third kappa shape index (κ3) is 4.51. The van der Waals surface area contributed by atoms with Gasteiger partial charge in [-0.25, -0.2) is 8.42 Å². The van der Waals surface area contributed by atoms with Crippen molar-refractivity contribution in [1.29, 1.82) is 0 Å². The van der Waals surface area contributed by atoms with E-state index in [-0.39, 0.29) is 17.2 Å². The maximum absolute atomic E-state index is 12.2. The molecule has 0 aliphatic heterocycles. The largest absolute Gasteiger partial charge is 0.506 e. The minimum Gasteiger partial charge on any atom is -0.506 e. The molecule has 0 saturated heterocycles. The topological polar surface area (TPSA) is 66.4 Å². The molecule has 0 fully saturated rings. The Bertz CT molecular complexity index is 813. The zero-order valence-electron chi connectivity index (χ0n) is 14.5. The Balaban J connectivity index is 2.31. The third-order valence-corrected chi connectivity index (χ3v) is 5.55. The van der Waals surface area contributed by atoms with Crippen molar-refractivity contribution >= 4 is 15.7 Å². The minimum atomic E-state index is -3.46. The van der Waals surface area contributed by atoms with Crippen molar-refractivity contribution in [2.45, 2.75) is 40.0 Å². The van der Waals surface area contributed by atoms with Gasteiger partial charge < -0.3 is 5.11 Å². The molecule has 0 aromatic heterocycles. The number of hydrogen-bond acceptors (Lipinski definition) is 3. The molecule has 0 bridgehead atoms. The van der Waals surface area contributed by atoms with Crippen LogP contribution in [0.4, 0.5) is 5.69 Å². The van der Waals surface area contributed by atoms with E-state index in [1.54, 1.807) is 12.1 Å². The molecule has 130 valence electrons. The number of benzene rings is 2. The highest BCUT2D eigenvalue weighted by molar-refractivity contribution is 7.92. The van der Waals surface area contributed by atoms with Crippen LogP contribution in [0, 0.1) is 13.8 Å². The summed E-state index contributed by atoms with van der Waals surface area (Å²) in [5.74, 6) is -0.00308. The predicted octanol–water partition coefficient (Wildman–Crippen LogP) is 4.61. The lowest BCUT2D eigenvalue weighted by Gasteiger charge is -2.13. The van der Waals surface area contributed by atoms with Crippen LogP contribution in [0.3, 0.4) is 0 Å². The van der Waals surface area contributed by atoms with Gasteiger partial charge in [-0.1, -0.05) is 44.0 Å². The van der Waals surface area contributed by atoms with Crippen LogP contribution in [-0.2, 0) is 10.0 Å². The summed E-state index contributed by atoms with van der Waals surface area (Å²) in [5, 5.41) is 10.0. The van der Waals surface area contributed by atoms with Gasteiger partial charge in [0.1, 0.15) is 5.75 Å². The number of sulfonamides is 1. The zero-order chi connectivity index (χ0) is 17.7. The molecule has 0 aliphatic carbocycles. The average molecular weight is 347 g/mol. The van der Waals surface area contributed by atoms with E-state index in [1.807, 2.05) is 39.0 Å². The molecule has 0 unspecified atom stereocenters. The van der Waals surface area contributed by atoms with Crippen molar-refractivity contribution in [1.82, 2.24) is 0 Å². The zero-order valence-corrected chi connectivity index (χ0v) is 15.3. The summed E-state index contributed by atoms with van der Waals surface area (Å²) in [5.41, 5.74) is 4.44. The summed E-state index contributed by atoms with van der Waals surface area (Å²) in [7, 11) is -3.46. The number of nitrogens with one attached hydrogen (secondary N) is 1. The number of unbranched alkanes of at least 4 members (excludes halogenated alkanes) is 2. The predicted molar refractivity (Wildman–Crippen MR) is 100.0 cm³/mol. The molecular weight excluding hydrogens is 322 g/mol. The lowest BCUT2D eigenvalue weighted by Crippen LogP contribution is -2.16. The SMILES string of the molecule is CCCCCS(=O)(=O)Nc1cc(-c2cccc(C)c2C)ccc1O. The fourth-order valence-electron chi connectivity index (χ4n) is 2.61. The van der Waals surface area contributed by atoms with E-state index in [2.05, 4.69) is 4.72 Å². The van der Waals surface area contributed by atoms with Gasteiger partial charge in [0.25, 0.3) is 0 Å². The maximum Gasteiger partial charge on any atom is 0.232 e. The van der Waals surface area contributed by atoms with Crippen LogP contribution in [0.1, 0.15) is 37.3 Å². The van der Waals surface area contributed by atoms with Crippen LogP contribution in [-0.4, -0.2) is 19.3 Å². The fraction of sp³-hybridized carbons (Fsp3) is 0.368. The lowest BCUT2D eigenvalue weighted by molar-refractivity contribution is 0.477. The number of anilines is 1. The first-order valence-electron chi connectivity index (χ1n) is 8.24. The first kappa shape index (κ1) is 18.3. The second-order valence-corrected chi connectivity index (χ2v) is 7.95. The van der Waals surface area contributed by atoms with Crippen molar-refractivity contribution in [2.24, 2.45) is 0 Å². The molecule has 0 heterocycles. The molecule has 0 atom stereocenters. The maximum atomic E-state index is 12.2. The van der Waals surface area contributed by atoms with E-state index < -0.39 is 10.0 Å². The van der Waals surface area contributed by atoms with Crippen LogP contribution in [0.25, 0.3) is 11.1 Å². The summed E-state index contributed by atoms with van der Waals surface area (Å²) in [4.78, 5) is 0. The molecule has 0 aliphatic rings. The van der Waals surface area contributed by atoms with Gasteiger partial charge in [0.2, 0.25) is 10.0 Å². The fourth-order valence-corrected chi connectivity index (χ4v) is 3.79. The number of hydrogen-bond donors (Lipinski definition) is 2. The van der Waals surface area contributed by atoms with Gasteiger partial charge in [0, 0.05) is 0 Å². The standard InChI is InChI=1S/C19H25NO3S/c1-4-5-6-12-24(22,23)20-18-13-16(10-11-19(18)21)17-9-7-8-14(2)15(17)3/h7-11,13,20-21H,4-6,12H2,1-3H3. The summed E-state index contributed by atoms with van der Waals surface area (Å²) >= 11 is 0. The van der Waals surface area contributed by atoms with E-state index in [0.29, 0.717) is 6.42 Å². The van der Waals surface area contributed by atoms with Crippen LogP contribution in [0.5, 0.6) is 5.75 Å². The summed E-state index contributed by atoms with van der Waals surface area (Å²) in [6.07, 6.45) is 2.45. The highest BCUT2D eigenvalue weighted by Crippen LogP contribution is 2.32. The molecule has 0 amide bonds. The van der Waals surface area contributed by atoms with Gasteiger partial charge >= 0.3 is 0 Å². The van der Waals surface area contributed by atoms with Gasteiger partial charge in [0.15, 0.2) is 0 Å². The molecule has 2 aromatic carbocycles. The van der Waals surface area contributed by atoms with E-state index in [0.717, 1.165) is 29.5 Å². The third-order valence-electron chi connectivity index (χ3n) is 4.19. The van der Waals surface area contributed by atoms with Gasteiger partial charge in [-0.15, -0.1) is 0 Å². The molecule has 2 rings (SSSR count). The summed E-state index contributed by atoms with van der Waals surface area (Å²) in [6.45, 7) is 6.10. The Labute approximate surface area is 144 Å². The van der Waals surface area contributed by atoms with E-state index in [9.17, 15) is 13.5 Å². The van der Waals surface area contributed by atoms with Gasteiger partial charge in [-0.2, -0.15) is 0 Å². The molecule has 24 heavy (non-hydrogen) atoms. The number of rotatable bonds is 7. The Morgan fingerprint density at radius 3 is 2.54 bits per heavy atom. The Morgan fingerprint density at radius 1 is 1.08 bits per heavy atom.